The molecular formula is C9H20O9. The number of aliphatic hydroxyl groups is 8. The second kappa shape index (κ2) is 11.4. The Bertz CT molecular complexity index is 196. The number of carbonyl (C=O) groups excluding carboxylic acids is 1. The van der Waals surface area contributed by atoms with E-state index in [4.69, 9.17) is 40.9 Å². The Labute approximate surface area is 103 Å². The van der Waals surface area contributed by atoms with E-state index < -0.39 is 37.1 Å². The SMILES string of the molecule is O=C[C@@H](O)[C@@H](O)[C@H](O)[C@H](O)CO.OCC(O)CO. The van der Waals surface area contributed by atoms with Gasteiger partial charge >= 0.3 is 0 Å². The molecule has 0 aliphatic heterocycles. The highest BCUT2D eigenvalue weighted by molar-refractivity contribution is 5.56. The Hall–Kier alpha value is -0.650. The van der Waals surface area contributed by atoms with Crippen LogP contribution in [0.3, 0.4) is 0 Å². The molecule has 0 unspecified atom stereocenters. The molecule has 0 aromatic heterocycles. The van der Waals surface area contributed by atoms with Gasteiger partial charge in [-0.05, 0) is 0 Å². The first-order valence-corrected chi connectivity index (χ1v) is 5.03. The summed E-state index contributed by atoms with van der Waals surface area (Å²) in [5, 5.41) is 67.6. The van der Waals surface area contributed by atoms with Crippen LogP contribution < -0.4 is 0 Å². The highest BCUT2D eigenvalue weighted by Crippen LogP contribution is 2.02. The quantitative estimate of drug-likeness (QED) is 0.210. The van der Waals surface area contributed by atoms with Crippen LogP contribution in [-0.2, 0) is 4.79 Å². The van der Waals surface area contributed by atoms with Crippen LogP contribution in [0.2, 0.25) is 0 Å². The van der Waals surface area contributed by atoms with Crippen LogP contribution >= 0.6 is 0 Å². The lowest BCUT2D eigenvalue weighted by Crippen LogP contribution is -2.46. The summed E-state index contributed by atoms with van der Waals surface area (Å²) in [5.74, 6) is 0. The number of carbonyl (C=O) groups is 1. The first kappa shape index (κ1) is 19.7. The van der Waals surface area contributed by atoms with E-state index in [0.29, 0.717) is 0 Å². The fraction of sp³-hybridized carbons (Fsp3) is 0.889. The van der Waals surface area contributed by atoms with E-state index in [0.717, 1.165) is 0 Å². The van der Waals surface area contributed by atoms with Crippen molar-refractivity contribution in [1.29, 1.82) is 0 Å². The summed E-state index contributed by atoms with van der Waals surface area (Å²) < 4.78 is 0. The number of hydrogen-bond acceptors (Lipinski definition) is 9. The van der Waals surface area contributed by atoms with Crippen molar-refractivity contribution in [3.05, 3.63) is 0 Å². The van der Waals surface area contributed by atoms with Gasteiger partial charge in [0.05, 0.1) is 19.8 Å². The maximum Gasteiger partial charge on any atom is 0.151 e. The molecule has 8 N–H and O–H groups in total. The lowest BCUT2D eigenvalue weighted by molar-refractivity contribution is -0.136. The lowest BCUT2D eigenvalue weighted by Gasteiger charge is -2.22. The molecule has 0 saturated heterocycles. The predicted octanol–water partition coefficient (Wildman–Crippen LogP) is -5.05. The third-order valence-corrected chi connectivity index (χ3v) is 1.84. The zero-order valence-electron chi connectivity index (χ0n) is 9.57. The fourth-order valence-electron chi connectivity index (χ4n) is 0.676. The van der Waals surface area contributed by atoms with E-state index in [1.54, 1.807) is 0 Å². The molecule has 0 fully saturated rings. The minimum atomic E-state index is -1.79. The average Bonchev–Trinajstić information content (AvgIpc) is 2.43. The Morgan fingerprint density at radius 3 is 1.44 bits per heavy atom. The molecule has 0 heterocycles. The van der Waals surface area contributed by atoms with E-state index in [-0.39, 0.29) is 19.5 Å². The van der Waals surface area contributed by atoms with Gasteiger partial charge in [-0.3, -0.25) is 0 Å². The van der Waals surface area contributed by atoms with Crippen molar-refractivity contribution in [2.75, 3.05) is 19.8 Å². The minimum absolute atomic E-state index is 0.0258. The summed E-state index contributed by atoms with van der Waals surface area (Å²) in [6.45, 7) is -1.49. The molecule has 9 nitrogen and oxygen atoms in total. The molecule has 0 rings (SSSR count). The van der Waals surface area contributed by atoms with Gasteiger partial charge < -0.3 is 45.6 Å². The normalized spacial score (nSPS) is 17.4. The monoisotopic (exact) mass is 272 g/mol. The van der Waals surface area contributed by atoms with E-state index in [2.05, 4.69) is 0 Å². The van der Waals surface area contributed by atoms with Gasteiger partial charge in [0.1, 0.15) is 30.5 Å². The standard InChI is InChI=1S/C6H12O6.C3H8O3/c7-1-3(9)5(11)6(12)4(10)2-8;4-1-3(6)2-5/h1,3-6,8-12H,2H2;3-6H,1-2H2/t3-,4-,5-,6-;/m1./s1. The van der Waals surface area contributed by atoms with Crippen molar-refractivity contribution in [3.8, 4) is 0 Å². The van der Waals surface area contributed by atoms with E-state index in [1.165, 1.54) is 0 Å². The smallest absolute Gasteiger partial charge is 0.151 e. The van der Waals surface area contributed by atoms with Gasteiger partial charge in [-0.1, -0.05) is 0 Å². The predicted molar refractivity (Wildman–Crippen MR) is 57.4 cm³/mol. The Balaban J connectivity index is 0. The third kappa shape index (κ3) is 8.44. The molecule has 0 aliphatic carbocycles. The second-order valence-corrected chi connectivity index (χ2v) is 3.38. The van der Waals surface area contributed by atoms with Crippen LogP contribution in [0, 0.1) is 0 Å². The van der Waals surface area contributed by atoms with Crippen LogP contribution in [-0.4, -0.2) is 97.5 Å². The number of aliphatic hydroxyl groups excluding tert-OH is 8. The average molecular weight is 272 g/mol. The summed E-state index contributed by atoms with van der Waals surface area (Å²) in [7, 11) is 0. The van der Waals surface area contributed by atoms with Crippen molar-refractivity contribution in [3.63, 3.8) is 0 Å². The van der Waals surface area contributed by atoms with Gasteiger partial charge in [0.15, 0.2) is 6.29 Å². The van der Waals surface area contributed by atoms with Gasteiger partial charge in [-0.2, -0.15) is 0 Å². The summed E-state index contributed by atoms with van der Waals surface area (Å²) in [6.07, 6.45) is -7.79. The number of hydrogen-bond donors (Lipinski definition) is 8. The molecule has 110 valence electrons. The molecular weight excluding hydrogens is 252 g/mol. The molecule has 9 heteroatoms. The van der Waals surface area contributed by atoms with Crippen LogP contribution in [0.15, 0.2) is 0 Å². The van der Waals surface area contributed by atoms with Crippen molar-refractivity contribution in [2.45, 2.75) is 30.5 Å². The van der Waals surface area contributed by atoms with Crippen molar-refractivity contribution in [1.82, 2.24) is 0 Å². The van der Waals surface area contributed by atoms with Gasteiger partial charge in [0.25, 0.3) is 0 Å². The number of aldehydes is 1. The van der Waals surface area contributed by atoms with Crippen molar-refractivity contribution >= 4 is 6.29 Å². The van der Waals surface area contributed by atoms with Crippen molar-refractivity contribution in [2.24, 2.45) is 0 Å². The first-order valence-electron chi connectivity index (χ1n) is 5.03. The molecule has 18 heavy (non-hydrogen) atoms. The molecule has 0 aliphatic rings. The van der Waals surface area contributed by atoms with Crippen LogP contribution in [0.5, 0.6) is 0 Å². The zero-order chi connectivity index (χ0) is 14.7. The third-order valence-electron chi connectivity index (χ3n) is 1.84. The maximum atomic E-state index is 9.90. The number of rotatable bonds is 7. The molecule has 4 atom stereocenters. The summed E-state index contributed by atoms with van der Waals surface area (Å²) in [5.41, 5.74) is 0. The molecule has 0 spiro atoms. The van der Waals surface area contributed by atoms with Crippen LogP contribution in [0.25, 0.3) is 0 Å². The summed E-state index contributed by atoms with van der Waals surface area (Å²) >= 11 is 0. The first-order chi connectivity index (χ1) is 8.35. The van der Waals surface area contributed by atoms with Gasteiger partial charge in [0, 0.05) is 0 Å². The largest absolute Gasteiger partial charge is 0.394 e. The van der Waals surface area contributed by atoms with Crippen LogP contribution in [0.4, 0.5) is 0 Å². The van der Waals surface area contributed by atoms with Crippen molar-refractivity contribution < 1.29 is 45.6 Å². The molecule has 0 saturated carbocycles. The molecule has 0 radical (unpaired) electrons. The van der Waals surface area contributed by atoms with E-state index in [9.17, 15) is 4.79 Å². The van der Waals surface area contributed by atoms with Gasteiger partial charge in [-0.15, -0.1) is 0 Å². The zero-order valence-corrected chi connectivity index (χ0v) is 9.57. The maximum absolute atomic E-state index is 9.90. The van der Waals surface area contributed by atoms with Gasteiger partial charge in [-0.25, -0.2) is 0 Å². The fourth-order valence-corrected chi connectivity index (χ4v) is 0.676. The molecule has 0 bridgehead atoms. The highest BCUT2D eigenvalue weighted by atomic mass is 16.4. The summed E-state index contributed by atoms with van der Waals surface area (Å²) in [6, 6.07) is 0. The Morgan fingerprint density at radius 1 is 0.778 bits per heavy atom. The molecule has 0 aromatic rings. The minimum Gasteiger partial charge on any atom is -0.394 e. The highest BCUT2D eigenvalue weighted by Gasteiger charge is 2.29. The van der Waals surface area contributed by atoms with Crippen LogP contribution in [0.1, 0.15) is 0 Å². The van der Waals surface area contributed by atoms with E-state index >= 15 is 0 Å². The lowest BCUT2D eigenvalue weighted by atomic mass is 10.0. The molecule has 0 aromatic carbocycles. The molecule has 0 amide bonds. The summed E-state index contributed by atoms with van der Waals surface area (Å²) in [4.78, 5) is 9.90. The van der Waals surface area contributed by atoms with Gasteiger partial charge in [0.2, 0.25) is 0 Å². The second-order valence-electron chi connectivity index (χ2n) is 3.38. The Morgan fingerprint density at radius 2 is 1.22 bits per heavy atom. The van der Waals surface area contributed by atoms with E-state index in [1.807, 2.05) is 0 Å². The Kier molecular flexibility index (Phi) is 12.5. The topological polar surface area (TPSA) is 179 Å².